The number of nitrogens with zero attached hydrogens (tertiary/aromatic N) is 2. The van der Waals surface area contributed by atoms with Crippen molar-refractivity contribution in [3.8, 4) is 11.4 Å². The summed E-state index contributed by atoms with van der Waals surface area (Å²) in [7, 11) is 0. The summed E-state index contributed by atoms with van der Waals surface area (Å²) in [6.45, 7) is 1.58. The minimum absolute atomic E-state index is 0.0537. The van der Waals surface area contributed by atoms with Crippen LogP contribution in [0.4, 0.5) is 19.0 Å². The number of halogens is 5. The zero-order valence-corrected chi connectivity index (χ0v) is 17.6. The molecular formula is C19H14Cl2F3N3O2S. The second-order valence-electron chi connectivity index (χ2n) is 5.97. The Morgan fingerprint density at radius 3 is 2.40 bits per heavy atom. The topological polar surface area (TPSA) is 56.1 Å². The molecule has 2 aromatic carbocycles. The van der Waals surface area contributed by atoms with Crippen molar-refractivity contribution in [1.29, 1.82) is 0 Å². The van der Waals surface area contributed by atoms with Crippen LogP contribution >= 0.6 is 35.0 Å². The predicted molar refractivity (Wildman–Crippen MR) is 111 cm³/mol. The molecule has 1 N–H and O–H groups in total. The van der Waals surface area contributed by atoms with Crippen LogP contribution in [0.25, 0.3) is 5.69 Å². The van der Waals surface area contributed by atoms with E-state index in [1.807, 2.05) is 6.07 Å². The molecular weight excluding hydrogens is 462 g/mol. The first kappa shape index (κ1) is 22.3. The summed E-state index contributed by atoms with van der Waals surface area (Å²) >= 11 is 12.0. The molecule has 11 heteroatoms. The zero-order valence-electron chi connectivity index (χ0n) is 15.3. The molecule has 5 nitrogen and oxygen atoms in total. The van der Waals surface area contributed by atoms with Crippen molar-refractivity contribution in [2.24, 2.45) is 0 Å². The Morgan fingerprint density at radius 1 is 1.17 bits per heavy atom. The number of carbonyl (C=O) groups is 1. The Hall–Kier alpha value is -2.36. The number of hydrogen-bond acceptors (Lipinski definition) is 4. The van der Waals surface area contributed by atoms with Gasteiger partial charge in [-0.25, -0.2) is 4.68 Å². The lowest BCUT2D eigenvalue weighted by Crippen LogP contribution is -2.31. The van der Waals surface area contributed by atoms with E-state index in [9.17, 15) is 18.0 Å². The molecule has 0 fully saturated rings. The molecule has 0 aliphatic heterocycles. The van der Waals surface area contributed by atoms with Gasteiger partial charge in [-0.3, -0.25) is 4.79 Å². The molecule has 0 bridgehead atoms. The smallest absolute Gasteiger partial charge is 0.446 e. The van der Waals surface area contributed by atoms with Gasteiger partial charge in [0.15, 0.2) is 6.10 Å². The number of anilines is 1. The molecule has 0 saturated heterocycles. The summed E-state index contributed by atoms with van der Waals surface area (Å²) in [5.74, 6) is 0.290. The molecule has 3 rings (SSSR count). The first-order valence-electron chi connectivity index (χ1n) is 8.46. The van der Waals surface area contributed by atoms with Crippen LogP contribution in [0.2, 0.25) is 10.0 Å². The fourth-order valence-corrected chi connectivity index (χ4v) is 3.90. The van der Waals surface area contributed by atoms with Crippen molar-refractivity contribution in [2.75, 3.05) is 5.32 Å². The van der Waals surface area contributed by atoms with Crippen molar-refractivity contribution in [2.45, 2.75) is 23.4 Å². The number of thioether (sulfide) groups is 1. The highest BCUT2D eigenvalue weighted by Crippen LogP contribution is 2.41. The normalized spacial score (nSPS) is 12.5. The lowest BCUT2D eigenvalue weighted by molar-refractivity contribution is -0.122. The van der Waals surface area contributed by atoms with Gasteiger partial charge in [0.25, 0.3) is 5.91 Å². The minimum atomic E-state index is -4.48. The van der Waals surface area contributed by atoms with Crippen molar-refractivity contribution >= 4 is 46.7 Å². The van der Waals surface area contributed by atoms with Crippen LogP contribution in [0.5, 0.6) is 5.75 Å². The van der Waals surface area contributed by atoms with Crippen LogP contribution < -0.4 is 10.1 Å². The van der Waals surface area contributed by atoms with Crippen LogP contribution in [0.3, 0.4) is 0 Å². The van der Waals surface area contributed by atoms with Gasteiger partial charge in [-0.05, 0) is 43.0 Å². The number of carbonyl (C=O) groups excluding carboxylic acids is 1. The maximum Gasteiger partial charge on any atom is 0.446 e. The summed E-state index contributed by atoms with van der Waals surface area (Å²) < 4.78 is 44.7. The fourth-order valence-electron chi connectivity index (χ4n) is 2.50. The van der Waals surface area contributed by atoms with Gasteiger partial charge in [-0.15, -0.1) is 0 Å². The quantitative estimate of drug-likeness (QED) is 0.431. The van der Waals surface area contributed by atoms with Crippen LogP contribution in [0, 0.1) is 0 Å². The molecule has 30 heavy (non-hydrogen) atoms. The van der Waals surface area contributed by atoms with Crippen LogP contribution in [-0.2, 0) is 4.79 Å². The number of rotatable bonds is 6. The van der Waals surface area contributed by atoms with Gasteiger partial charge in [0.2, 0.25) is 0 Å². The lowest BCUT2D eigenvalue weighted by Gasteiger charge is -2.17. The Kier molecular flexibility index (Phi) is 6.84. The van der Waals surface area contributed by atoms with Gasteiger partial charge in [-0.2, -0.15) is 18.3 Å². The average molecular weight is 476 g/mol. The maximum absolute atomic E-state index is 12.6. The van der Waals surface area contributed by atoms with E-state index in [-0.39, 0.29) is 38.2 Å². The van der Waals surface area contributed by atoms with Gasteiger partial charge in [0.05, 0.1) is 16.2 Å². The predicted octanol–water partition coefficient (Wildman–Crippen LogP) is 6.20. The van der Waals surface area contributed by atoms with Crippen molar-refractivity contribution in [1.82, 2.24) is 9.78 Å². The summed E-state index contributed by atoms with van der Waals surface area (Å²) in [5, 5.41) is 6.61. The van der Waals surface area contributed by atoms with Crippen LogP contribution in [-0.4, -0.2) is 27.3 Å². The molecule has 1 aromatic heterocycles. The van der Waals surface area contributed by atoms with E-state index in [1.165, 1.54) is 16.9 Å². The Morgan fingerprint density at radius 2 is 1.80 bits per heavy atom. The van der Waals surface area contributed by atoms with Crippen molar-refractivity contribution < 1.29 is 22.7 Å². The summed E-state index contributed by atoms with van der Waals surface area (Å²) in [6, 6.07) is 12.6. The molecule has 158 valence electrons. The largest absolute Gasteiger partial charge is 0.481 e. The third kappa shape index (κ3) is 5.62. The average Bonchev–Trinajstić information content (AvgIpc) is 3.08. The fraction of sp³-hybridized carbons (Fsp3) is 0.158. The third-order valence-corrected chi connectivity index (χ3v) is 5.03. The Labute approximate surface area is 184 Å². The number of nitrogens with one attached hydrogen (secondary N) is 1. The summed E-state index contributed by atoms with van der Waals surface area (Å²) in [6.07, 6.45) is 0.566. The highest BCUT2D eigenvalue weighted by atomic mass is 35.5. The van der Waals surface area contributed by atoms with E-state index < -0.39 is 17.5 Å². The van der Waals surface area contributed by atoms with Crippen molar-refractivity contribution in [3.63, 3.8) is 0 Å². The molecule has 0 spiro atoms. The van der Waals surface area contributed by atoms with Gasteiger partial charge >= 0.3 is 5.51 Å². The monoisotopic (exact) mass is 475 g/mol. The zero-order chi connectivity index (χ0) is 21.9. The number of ether oxygens (including phenoxy) is 1. The van der Waals surface area contributed by atoms with Gasteiger partial charge in [-0.1, -0.05) is 41.4 Å². The highest BCUT2D eigenvalue weighted by Gasteiger charge is 2.30. The number of hydrogen-bond donors (Lipinski definition) is 1. The first-order valence-corrected chi connectivity index (χ1v) is 10.0. The second kappa shape index (κ2) is 9.20. The molecule has 0 aliphatic carbocycles. The minimum Gasteiger partial charge on any atom is -0.481 e. The number of benzene rings is 2. The Bertz CT molecular complexity index is 1020. The van der Waals surface area contributed by atoms with Crippen molar-refractivity contribution in [3.05, 3.63) is 64.8 Å². The van der Waals surface area contributed by atoms with E-state index in [2.05, 4.69) is 10.4 Å². The van der Waals surface area contributed by atoms with E-state index >= 15 is 0 Å². The van der Waals surface area contributed by atoms with E-state index in [4.69, 9.17) is 27.9 Å². The number of para-hydroxylation sites is 1. The van der Waals surface area contributed by atoms with E-state index in [1.54, 1.807) is 31.2 Å². The molecule has 3 aromatic rings. The third-order valence-electron chi connectivity index (χ3n) is 3.76. The van der Waals surface area contributed by atoms with Gasteiger partial charge in [0.1, 0.15) is 17.3 Å². The van der Waals surface area contributed by atoms with Crippen LogP contribution in [0.15, 0.2) is 59.6 Å². The molecule has 0 radical (unpaired) electrons. The SMILES string of the molecule is CC(Oc1ccccc1)C(=O)Nc1ccnn1-c1c(Cl)cc(SC(F)(F)F)cc1Cl. The van der Waals surface area contributed by atoms with Crippen LogP contribution in [0.1, 0.15) is 6.92 Å². The molecule has 1 heterocycles. The molecule has 0 saturated carbocycles. The molecule has 0 aliphatic rings. The summed E-state index contributed by atoms with van der Waals surface area (Å²) in [4.78, 5) is 12.3. The van der Waals surface area contributed by atoms with Gasteiger partial charge < -0.3 is 10.1 Å². The number of amides is 1. The number of aromatic nitrogens is 2. The Balaban J connectivity index is 1.80. The second-order valence-corrected chi connectivity index (χ2v) is 7.93. The van der Waals surface area contributed by atoms with Gasteiger partial charge in [0, 0.05) is 11.0 Å². The lowest BCUT2D eigenvalue weighted by atomic mass is 10.3. The molecule has 1 atom stereocenters. The van der Waals surface area contributed by atoms with E-state index in [0.29, 0.717) is 5.75 Å². The standard InChI is InChI=1S/C19H14Cl2F3N3O2S/c1-11(29-12-5-3-2-4-6-12)18(28)26-16-7-8-25-27(16)17-14(20)9-13(10-15(17)21)30-19(22,23)24/h2-11H,1H3,(H,26,28). The summed E-state index contributed by atoms with van der Waals surface area (Å²) in [5.41, 5.74) is -4.34. The molecule has 1 unspecified atom stereocenters. The van der Waals surface area contributed by atoms with E-state index in [0.717, 1.165) is 12.1 Å². The maximum atomic E-state index is 12.6. The molecule has 1 amide bonds. The first-order chi connectivity index (χ1) is 14.1. The highest BCUT2D eigenvalue weighted by molar-refractivity contribution is 8.00. The number of alkyl halides is 3.